The highest BCUT2D eigenvalue weighted by Gasteiger charge is 2.24. The highest BCUT2D eigenvalue weighted by Crippen LogP contribution is 2.24. The summed E-state index contributed by atoms with van der Waals surface area (Å²) in [6.07, 6.45) is 7.90. The number of carbonyl (C=O) groups is 2. The minimum absolute atomic E-state index is 0.0629. The van der Waals surface area contributed by atoms with E-state index in [1.165, 1.54) is 19.3 Å². The van der Waals surface area contributed by atoms with Crippen LogP contribution in [0.5, 0.6) is 0 Å². The van der Waals surface area contributed by atoms with E-state index in [1.807, 2.05) is 49.5 Å². The number of para-hydroxylation sites is 1. The Kier molecular flexibility index (Phi) is 7.78. The van der Waals surface area contributed by atoms with Crippen molar-refractivity contribution in [2.24, 2.45) is 0 Å². The molecule has 1 aliphatic carbocycles. The van der Waals surface area contributed by atoms with Gasteiger partial charge in [0.05, 0.1) is 12.7 Å². The average Bonchev–Trinajstić information content (AvgIpc) is 2.62. The minimum Gasteiger partial charge on any atom is -0.338 e. The van der Waals surface area contributed by atoms with Gasteiger partial charge in [-0.15, -0.1) is 11.8 Å². The Labute approximate surface area is 155 Å². The summed E-state index contributed by atoms with van der Waals surface area (Å²) in [6.45, 7) is 0.636. The number of carbonyl (C=O) groups excluding carboxylic acids is 2. The molecule has 6 heteroatoms. The van der Waals surface area contributed by atoms with E-state index < -0.39 is 0 Å². The van der Waals surface area contributed by atoms with Gasteiger partial charge < -0.3 is 15.1 Å². The molecule has 1 fully saturated rings. The summed E-state index contributed by atoms with van der Waals surface area (Å²) in [5.74, 6) is 0.0637. The summed E-state index contributed by atoms with van der Waals surface area (Å²) in [7, 11) is 3.80. The van der Waals surface area contributed by atoms with Crippen molar-refractivity contribution in [3.63, 3.8) is 0 Å². The van der Waals surface area contributed by atoms with Crippen LogP contribution in [0.25, 0.3) is 0 Å². The van der Waals surface area contributed by atoms with E-state index in [0.717, 1.165) is 28.3 Å². The van der Waals surface area contributed by atoms with Crippen molar-refractivity contribution in [1.82, 2.24) is 4.90 Å². The first kappa shape index (κ1) is 19.8. The Hall–Kier alpha value is -1.53. The molecule has 0 bridgehead atoms. The number of amides is 2. The van der Waals surface area contributed by atoms with Gasteiger partial charge in [0.1, 0.15) is 0 Å². The SMILES string of the molecule is CSc1ccccc1NC(=O)C[NH+](C)CC(=O)N(C)C1CCCCC1. The van der Waals surface area contributed by atoms with E-state index in [2.05, 4.69) is 5.32 Å². The zero-order valence-electron chi connectivity index (χ0n) is 15.5. The minimum atomic E-state index is -0.0629. The van der Waals surface area contributed by atoms with Gasteiger partial charge in [-0.05, 0) is 31.2 Å². The molecule has 2 amide bonds. The molecule has 0 aliphatic heterocycles. The van der Waals surface area contributed by atoms with Crippen molar-refractivity contribution in [3.8, 4) is 0 Å². The van der Waals surface area contributed by atoms with Crippen LogP contribution >= 0.6 is 11.8 Å². The van der Waals surface area contributed by atoms with Crippen molar-refractivity contribution >= 4 is 29.3 Å². The van der Waals surface area contributed by atoms with Crippen LogP contribution in [-0.2, 0) is 9.59 Å². The molecule has 1 atom stereocenters. The van der Waals surface area contributed by atoms with Crippen LogP contribution in [0.15, 0.2) is 29.2 Å². The zero-order valence-corrected chi connectivity index (χ0v) is 16.3. The lowest BCUT2D eigenvalue weighted by molar-refractivity contribution is -0.862. The third-order valence-electron chi connectivity index (χ3n) is 4.81. The molecule has 2 N–H and O–H groups in total. The molecule has 0 radical (unpaired) electrons. The average molecular weight is 365 g/mol. The summed E-state index contributed by atoms with van der Waals surface area (Å²) in [6, 6.07) is 8.13. The van der Waals surface area contributed by atoms with Crippen molar-refractivity contribution in [2.45, 2.75) is 43.0 Å². The number of benzene rings is 1. The monoisotopic (exact) mass is 364 g/mol. The lowest BCUT2D eigenvalue weighted by Crippen LogP contribution is -3.11. The maximum atomic E-state index is 12.5. The zero-order chi connectivity index (χ0) is 18.2. The second-order valence-corrected chi connectivity index (χ2v) is 7.70. The number of likely N-dealkylation sites (N-methyl/N-ethyl adjacent to an activating group) is 2. The quantitative estimate of drug-likeness (QED) is 0.724. The Bertz CT molecular complexity index is 588. The molecule has 0 saturated heterocycles. The fourth-order valence-electron chi connectivity index (χ4n) is 3.33. The lowest BCUT2D eigenvalue weighted by Gasteiger charge is -2.31. The number of nitrogens with one attached hydrogen (secondary N) is 2. The molecule has 1 aliphatic rings. The summed E-state index contributed by atoms with van der Waals surface area (Å²) >= 11 is 1.60. The molecule has 2 rings (SSSR count). The van der Waals surface area contributed by atoms with Gasteiger partial charge >= 0.3 is 0 Å². The van der Waals surface area contributed by atoms with E-state index >= 15 is 0 Å². The second-order valence-electron chi connectivity index (χ2n) is 6.86. The topological polar surface area (TPSA) is 53.9 Å². The van der Waals surface area contributed by atoms with Gasteiger partial charge in [-0.1, -0.05) is 31.4 Å². The summed E-state index contributed by atoms with van der Waals surface area (Å²) in [5, 5.41) is 2.95. The van der Waals surface area contributed by atoms with Gasteiger partial charge in [-0.3, -0.25) is 9.59 Å². The van der Waals surface area contributed by atoms with Crippen LogP contribution in [-0.4, -0.2) is 56.2 Å². The number of thioether (sulfide) groups is 1. The van der Waals surface area contributed by atoms with Gasteiger partial charge in [0.2, 0.25) is 0 Å². The molecule has 0 heterocycles. The van der Waals surface area contributed by atoms with E-state index in [0.29, 0.717) is 12.6 Å². The first-order valence-corrected chi connectivity index (χ1v) is 10.2. The predicted molar refractivity (Wildman–Crippen MR) is 103 cm³/mol. The predicted octanol–water partition coefficient (Wildman–Crippen LogP) is 1.65. The second kappa shape index (κ2) is 9.82. The molecule has 0 spiro atoms. The van der Waals surface area contributed by atoms with Crippen LogP contribution < -0.4 is 10.2 Å². The number of hydrogen-bond donors (Lipinski definition) is 2. The van der Waals surface area contributed by atoms with Crippen LogP contribution in [0.1, 0.15) is 32.1 Å². The largest absolute Gasteiger partial charge is 0.338 e. The Balaban J connectivity index is 1.81. The highest BCUT2D eigenvalue weighted by atomic mass is 32.2. The van der Waals surface area contributed by atoms with E-state index in [-0.39, 0.29) is 18.4 Å². The maximum absolute atomic E-state index is 12.5. The van der Waals surface area contributed by atoms with Crippen LogP contribution in [0.4, 0.5) is 5.69 Å². The van der Waals surface area contributed by atoms with E-state index in [9.17, 15) is 9.59 Å². The molecule has 1 saturated carbocycles. The van der Waals surface area contributed by atoms with E-state index in [1.54, 1.807) is 11.8 Å². The fraction of sp³-hybridized carbons (Fsp3) is 0.579. The molecule has 25 heavy (non-hydrogen) atoms. The van der Waals surface area contributed by atoms with Crippen molar-refractivity contribution in [2.75, 3.05) is 38.8 Å². The molecule has 1 aromatic rings. The van der Waals surface area contributed by atoms with Gasteiger partial charge in [0.15, 0.2) is 13.1 Å². The molecule has 1 aromatic carbocycles. The fourth-order valence-corrected chi connectivity index (χ4v) is 3.89. The standard InChI is InChI=1S/C19H29N3O2S/c1-21(14-19(24)22(2)15-9-5-4-6-10-15)13-18(23)20-16-11-7-8-12-17(16)25-3/h7-8,11-12,15H,4-6,9-10,13-14H2,1-3H3,(H,20,23)/p+1. The summed E-state index contributed by atoms with van der Waals surface area (Å²) in [5.41, 5.74) is 0.832. The Morgan fingerprint density at radius 3 is 2.56 bits per heavy atom. The van der Waals surface area contributed by atoms with Gasteiger partial charge in [0.25, 0.3) is 11.8 Å². The van der Waals surface area contributed by atoms with Crippen LogP contribution in [0.3, 0.4) is 0 Å². The molecular weight excluding hydrogens is 334 g/mol. The number of rotatable bonds is 7. The van der Waals surface area contributed by atoms with Gasteiger partial charge in [-0.2, -0.15) is 0 Å². The van der Waals surface area contributed by atoms with Crippen LogP contribution in [0, 0.1) is 0 Å². The first-order valence-electron chi connectivity index (χ1n) is 9.01. The molecule has 0 aromatic heterocycles. The Morgan fingerprint density at radius 1 is 1.20 bits per heavy atom. The van der Waals surface area contributed by atoms with Gasteiger partial charge in [0, 0.05) is 18.0 Å². The highest BCUT2D eigenvalue weighted by molar-refractivity contribution is 7.98. The van der Waals surface area contributed by atoms with Crippen LogP contribution in [0.2, 0.25) is 0 Å². The number of quaternary nitrogens is 1. The molecular formula is C19H30N3O2S+. The smallest absolute Gasteiger partial charge is 0.279 e. The summed E-state index contributed by atoms with van der Waals surface area (Å²) < 4.78 is 0. The third-order valence-corrected chi connectivity index (χ3v) is 5.61. The number of nitrogens with zero attached hydrogens (tertiary/aromatic N) is 1. The summed E-state index contributed by atoms with van der Waals surface area (Å²) in [4.78, 5) is 28.6. The molecule has 5 nitrogen and oxygen atoms in total. The maximum Gasteiger partial charge on any atom is 0.279 e. The van der Waals surface area contributed by atoms with Crippen molar-refractivity contribution in [1.29, 1.82) is 0 Å². The number of anilines is 1. The van der Waals surface area contributed by atoms with E-state index in [4.69, 9.17) is 0 Å². The van der Waals surface area contributed by atoms with Crippen molar-refractivity contribution < 1.29 is 14.5 Å². The normalized spacial score (nSPS) is 16.3. The Morgan fingerprint density at radius 2 is 1.88 bits per heavy atom. The molecule has 1 unspecified atom stereocenters. The number of hydrogen-bond acceptors (Lipinski definition) is 3. The van der Waals surface area contributed by atoms with Gasteiger partial charge in [-0.25, -0.2) is 0 Å². The lowest BCUT2D eigenvalue weighted by atomic mass is 9.94. The third kappa shape index (κ3) is 6.04. The first-order chi connectivity index (χ1) is 12.0. The van der Waals surface area contributed by atoms with Crippen molar-refractivity contribution in [3.05, 3.63) is 24.3 Å². The molecule has 138 valence electrons.